The van der Waals surface area contributed by atoms with Crippen LogP contribution in [-0.2, 0) is 11.2 Å². The zero-order valence-corrected chi connectivity index (χ0v) is 8.81. The summed E-state index contributed by atoms with van der Waals surface area (Å²) in [4.78, 5) is 12.9. The lowest BCUT2D eigenvalue weighted by molar-refractivity contribution is -0.138. The van der Waals surface area contributed by atoms with Crippen molar-refractivity contribution in [2.45, 2.75) is 25.8 Å². The van der Waals surface area contributed by atoms with Gasteiger partial charge in [0.25, 0.3) is 0 Å². The van der Waals surface area contributed by atoms with Crippen molar-refractivity contribution in [1.29, 1.82) is 0 Å². The second kappa shape index (κ2) is 3.93. The quantitative estimate of drug-likeness (QED) is 0.801. The zero-order valence-electron chi connectivity index (χ0n) is 8.81. The summed E-state index contributed by atoms with van der Waals surface area (Å²) in [5.74, 6) is -0.758. The Morgan fingerprint density at radius 2 is 2.20 bits per heavy atom. The van der Waals surface area contributed by atoms with Crippen LogP contribution in [0, 0.1) is 0 Å². The molecular formula is C12H15NO2. The lowest BCUT2D eigenvalue weighted by atomic mass is 10.0. The van der Waals surface area contributed by atoms with Gasteiger partial charge in [-0.25, -0.2) is 4.79 Å². The average molecular weight is 205 g/mol. The van der Waals surface area contributed by atoms with Crippen LogP contribution < -0.4 is 4.90 Å². The first-order valence-corrected chi connectivity index (χ1v) is 5.27. The highest BCUT2D eigenvalue weighted by atomic mass is 16.4. The number of nitrogens with zero attached hydrogens (tertiary/aromatic N) is 1. The SMILES string of the molecule is C[C@@H](C(=O)O)N1CCCc2ccccc21. The first kappa shape index (κ1) is 10.0. The maximum absolute atomic E-state index is 11.0. The summed E-state index contributed by atoms with van der Waals surface area (Å²) in [6, 6.07) is 7.62. The molecule has 3 heteroatoms. The van der Waals surface area contributed by atoms with Gasteiger partial charge >= 0.3 is 5.97 Å². The van der Waals surface area contributed by atoms with E-state index in [1.54, 1.807) is 6.92 Å². The number of para-hydroxylation sites is 1. The molecule has 0 aromatic heterocycles. The Labute approximate surface area is 89.3 Å². The molecule has 0 saturated heterocycles. The Bertz CT molecular complexity index is 376. The van der Waals surface area contributed by atoms with E-state index in [4.69, 9.17) is 5.11 Å². The Morgan fingerprint density at radius 3 is 2.93 bits per heavy atom. The molecule has 0 amide bonds. The van der Waals surface area contributed by atoms with E-state index < -0.39 is 12.0 Å². The van der Waals surface area contributed by atoms with Gasteiger partial charge in [-0.2, -0.15) is 0 Å². The van der Waals surface area contributed by atoms with E-state index in [-0.39, 0.29) is 0 Å². The third-order valence-electron chi connectivity index (χ3n) is 2.97. The largest absolute Gasteiger partial charge is 0.480 e. The fraction of sp³-hybridized carbons (Fsp3) is 0.417. The molecule has 80 valence electrons. The minimum atomic E-state index is -0.758. The molecular weight excluding hydrogens is 190 g/mol. The number of carbonyl (C=O) groups is 1. The molecule has 1 atom stereocenters. The number of benzene rings is 1. The number of aliphatic carboxylic acids is 1. The molecule has 0 radical (unpaired) electrons. The van der Waals surface area contributed by atoms with E-state index in [9.17, 15) is 4.79 Å². The Morgan fingerprint density at radius 1 is 1.47 bits per heavy atom. The topological polar surface area (TPSA) is 40.5 Å². The monoisotopic (exact) mass is 205 g/mol. The number of aryl methyl sites for hydroxylation is 1. The average Bonchev–Trinajstić information content (AvgIpc) is 2.27. The van der Waals surface area contributed by atoms with Crippen LogP contribution in [0.15, 0.2) is 24.3 Å². The highest BCUT2D eigenvalue weighted by Gasteiger charge is 2.24. The van der Waals surface area contributed by atoms with Crippen LogP contribution in [0.2, 0.25) is 0 Å². The van der Waals surface area contributed by atoms with Crippen molar-refractivity contribution in [3.63, 3.8) is 0 Å². The Hall–Kier alpha value is -1.51. The number of carboxylic acids is 1. The second-order valence-electron chi connectivity index (χ2n) is 3.94. The molecule has 0 unspecified atom stereocenters. The summed E-state index contributed by atoms with van der Waals surface area (Å²) in [6.45, 7) is 2.58. The molecule has 0 fully saturated rings. The third kappa shape index (κ3) is 1.82. The third-order valence-corrected chi connectivity index (χ3v) is 2.97. The van der Waals surface area contributed by atoms with Gasteiger partial charge in [0, 0.05) is 12.2 Å². The van der Waals surface area contributed by atoms with Crippen LogP contribution in [-0.4, -0.2) is 23.7 Å². The summed E-state index contributed by atoms with van der Waals surface area (Å²) in [7, 11) is 0. The predicted octanol–water partition coefficient (Wildman–Crippen LogP) is 1.91. The fourth-order valence-electron chi connectivity index (χ4n) is 2.10. The number of carboxylic acid groups (broad SMARTS) is 1. The van der Waals surface area contributed by atoms with E-state index >= 15 is 0 Å². The van der Waals surface area contributed by atoms with Gasteiger partial charge in [0.15, 0.2) is 0 Å². The Balaban J connectivity index is 2.33. The number of fused-ring (bicyclic) bond motifs is 1. The smallest absolute Gasteiger partial charge is 0.326 e. The van der Waals surface area contributed by atoms with E-state index in [2.05, 4.69) is 6.07 Å². The maximum atomic E-state index is 11.0. The second-order valence-corrected chi connectivity index (χ2v) is 3.94. The first-order valence-electron chi connectivity index (χ1n) is 5.27. The Kier molecular flexibility index (Phi) is 2.62. The molecule has 1 aliphatic heterocycles. The standard InChI is InChI=1S/C12H15NO2/c1-9(12(14)15)13-8-4-6-10-5-2-3-7-11(10)13/h2-3,5,7,9H,4,6,8H2,1H3,(H,14,15)/t9-/m0/s1. The van der Waals surface area contributed by atoms with Gasteiger partial charge in [-0.3, -0.25) is 0 Å². The van der Waals surface area contributed by atoms with Gasteiger partial charge in [-0.15, -0.1) is 0 Å². The van der Waals surface area contributed by atoms with Crippen LogP contribution >= 0.6 is 0 Å². The van der Waals surface area contributed by atoms with Gasteiger partial charge in [-0.05, 0) is 31.4 Å². The molecule has 15 heavy (non-hydrogen) atoms. The molecule has 0 bridgehead atoms. The molecule has 1 heterocycles. The van der Waals surface area contributed by atoms with E-state index in [1.807, 2.05) is 23.1 Å². The normalized spacial score (nSPS) is 17.0. The van der Waals surface area contributed by atoms with E-state index in [1.165, 1.54) is 5.56 Å². The van der Waals surface area contributed by atoms with Crippen molar-refractivity contribution in [3.8, 4) is 0 Å². The van der Waals surface area contributed by atoms with Crippen LogP contribution in [0.25, 0.3) is 0 Å². The van der Waals surface area contributed by atoms with E-state index in [0.717, 1.165) is 25.1 Å². The maximum Gasteiger partial charge on any atom is 0.326 e. The van der Waals surface area contributed by atoms with Gasteiger partial charge in [0.2, 0.25) is 0 Å². The number of hydrogen-bond donors (Lipinski definition) is 1. The summed E-state index contributed by atoms with van der Waals surface area (Å²) in [5.41, 5.74) is 2.34. The van der Waals surface area contributed by atoms with Crippen LogP contribution in [0.1, 0.15) is 18.9 Å². The van der Waals surface area contributed by atoms with Crippen LogP contribution in [0.4, 0.5) is 5.69 Å². The molecule has 0 spiro atoms. The molecule has 0 aliphatic carbocycles. The van der Waals surface area contributed by atoms with Crippen molar-refractivity contribution in [1.82, 2.24) is 0 Å². The van der Waals surface area contributed by atoms with Crippen LogP contribution in [0.3, 0.4) is 0 Å². The lowest BCUT2D eigenvalue weighted by Crippen LogP contribution is -2.42. The van der Waals surface area contributed by atoms with Crippen LogP contribution in [0.5, 0.6) is 0 Å². The number of anilines is 1. The summed E-state index contributed by atoms with van der Waals surface area (Å²) in [6.07, 6.45) is 2.09. The fourth-order valence-corrected chi connectivity index (χ4v) is 2.10. The van der Waals surface area contributed by atoms with Gasteiger partial charge in [-0.1, -0.05) is 18.2 Å². The van der Waals surface area contributed by atoms with Gasteiger partial charge in [0.05, 0.1) is 0 Å². The molecule has 1 aromatic rings. The van der Waals surface area contributed by atoms with Gasteiger partial charge < -0.3 is 10.0 Å². The number of rotatable bonds is 2. The van der Waals surface area contributed by atoms with Crippen molar-refractivity contribution in [2.24, 2.45) is 0 Å². The van der Waals surface area contributed by atoms with Crippen molar-refractivity contribution < 1.29 is 9.90 Å². The molecule has 2 rings (SSSR count). The highest BCUT2D eigenvalue weighted by Crippen LogP contribution is 2.28. The van der Waals surface area contributed by atoms with Crippen molar-refractivity contribution in [3.05, 3.63) is 29.8 Å². The van der Waals surface area contributed by atoms with Gasteiger partial charge in [0.1, 0.15) is 6.04 Å². The molecule has 0 saturated carbocycles. The summed E-state index contributed by atoms with van der Waals surface area (Å²) < 4.78 is 0. The first-order chi connectivity index (χ1) is 7.20. The summed E-state index contributed by atoms with van der Waals surface area (Å²) in [5, 5.41) is 9.02. The van der Waals surface area contributed by atoms with Crippen molar-refractivity contribution >= 4 is 11.7 Å². The zero-order chi connectivity index (χ0) is 10.8. The molecule has 1 N–H and O–H groups in total. The minimum absolute atomic E-state index is 0.438. The molecule has 3 nitrogen and oxygen atoms in total. The highest BCUT2D eigenvalue weighted by molar-refractivity contribution is 5.78. The number of hydrogen-bond acceptors (Lipinski definition) is 2. The predicted molar refractivity (Wildman–Crippen MR) is 59.2 cm³/mol. The lowest BCUT2D eigenvalue weighted by Gasteiger charge is -2.34. The van der Waals surface area contributed by atoms with E-state index in [0.29, 0.717) is 0 Å². The molecule has 1 aromatic carbocycles. The van der Waals surface area contributed by atoms with Crippen molar-refractivity contribution in [2.75, 3.05) is 11.4 Å². The molecule has 1 aliphatic rings. The summed E-state index contributed by atoms with van der Waals surface area (Å²) >= 11 is 0. The minimum Gasteiger partial charge on any atom is -0.480 e.